The molecule has 6 heteroatoms. The molecule has 0 unspecified atom stereocenters. The van der Waals surface area contributed by atoms with Gasteiger partial charge < -0.3 is 0 Å². The van der Waals surface area contributed by atoms with Gasteiger partial charge in [-0.05, 0) is 0 Å². The maximum atomic E-state index is 11.9. The third-order valence-electron chi connectivity index (χ3n) is 1.11. The van der Waals surface area contributed by atoms with Crippen molar-refractivity contribution in [2.24, 2.45) is 0 Å². The molecule has 2 nitrogen and oxygen atoms in total. The molecule has 0 spiro atoms. The highest BCUT2D eigenvalue weighted by molar-refractivity contribution is 6.17. The van der Waals surface area contributed by atoms with E-state index in [1.807, 2.05) is 0 Å². The van der Waals surface area contributed by atoms with Crippen molar-refractivity contribution in [3.8, 4) is 0 Å². The molecule has 0 aliphatic carbocycles. The Morgan fingerprint density at radius 3 is 2.08 bits per heavy atom. The highest BCUT2D eigenvalue weighted by Crippen LogP contribution is 2.25. The lowest BCUT2D eigenvalue weighted by atomic mass is 10.4. The molecular formula is C6H4ClF3N2. The summed E-state index contributed by atoms with van der Waals surface area (Å²) in [6.07, 6.45) is -2.36. The summed E-state index contributed by atoms with van der Waals surface area (Å²) >= 11 is 5.33. The molecule has 1 heterocycles. The van der Waals surface area contributed by atoms with Gasteiger partial charge in [0.1, 0.15) is 0 Å². The van der Waals surface area contributed by atoms with E-state index < -0.39 is 12.0 Å². The third kappa shape index (κ3) is 2.07. The van der Waals surface area contributed by atoms with Crippen LogP contribution in [0.5, 0.6) is 0 Å². The number of aromatic nitrogens is 2. The van der Waals surface area contributed by atoms with Gasteiger partial charge in [0.15, 0.2) is 0 Å². The predicted molar refractivity (Wildman–Crippen MR) is 36.6 cm³/mol. The Morgan fingerprint density at radius 1 is 1.25 bits per heavy atom. The van der Waals surface area contributed by atoms with Crippen molar-refractivity contribution in [1.82, 2.24) is 9.97 Å². The Labute approximate surface area is 71.4 Å². The van der Waals surface area contributed by atoms with Crippen molar-refractivity contribution < 1.29 is 13.2 Å². The van der Waals surface area contributed by atoms with Gasteiger partial charge in [0, 0.05) is 18.0 Å². The molecule has 0 saturated heterocycles. The molecule has 1 aromatic rings. The standard InChI is InChI=1S/C6H4ClF3N2/c7-1-4-2-11-5(12-3-4)6(8,9)10/h2-3H,1H2. The average molecular weight is 197 g/mol. The van der Waals surface area contributed by atoms with Crippen LogP contribution in [0.3, 0.4) is 0 Å². The largest absolute Gasteiger partial charge is 0.451 e. The number of halogens is 4. The topological polar surface area (TPSA) is 25.8 Å². The van der Waals surface area contributed by atoms with Crippen LogP contribution in [0.4, 0.5) is 13.2 Å². The normalized spacial score (nSPS) is 11.7. The highest BCUT2D eigenvalue weighted by Gasteiger charge is 2.34. The molecule has 1 rings (SSSR count). The molecule has 0 saturated carbocycles. The Balaban J connectivity index is 2.93. The zero-order chi connectivity index (χ0) is 9.19. The Bertz CT molecular complexity index is 256. The van der Waals surface area contributed by atoms with Gasteiger partial charge in [-0.2, -0.15) is 13.2 Å². The van der Waals surface area contributed by atoms with Crippen LogP contribution in [0, 0.1) is 0 Å². The molecule has 0 bridgehead atoms. The van der Waals surface area contributed by atoms with Crippen molar-refractivity contribution in [3.63, 3.8) is 0 Å². The molecule has 0 radical (unpaired) electrons. The minimum Gasteiger partial charge on any atom is -0.233 e. The fourth-order valence-electron chi connectivity index (χ4n) is 0.570. The van der Waals surface area contributed by atoms with Crippen LogP contribution in [0.15, 0.2) is 12.4 Å². The minimum atomic E-state index is -4.48. The molecule has 0 amide bonds. The number of rotatable bonds is 1. The predicted octanol–water partition coefficient (Wildman–Crippen LogP) is 2.23. The van der Waals surface area contributed by atoms with Crippen LogP contribution >= 0.6 is 11.6 Å². The summed E-state index contributed by atoms with van der Waals surface area (Å²) in [5, 5.41) is 0. The van der Waals surface area contributed by atoms with Gasteiger partial charge in [0.25, 0.3) is 0 Å². The molecule has 0 aliphatic rings. The van der Waals surface area contributed by atoms with E-state index in [2.05, 4.69) is 9.97 Å². The second-order valence-corrected chi connectivity index (χ2v) is 2.31. The van der Waals surface area contributed by atoms with Gasteiger partial charge in [0.05, 0.1) is 5.88 Å². The SMILES string of the molecule is FC(F)(F)c1ncc(CCl)cn1. The summed E-state index contributed by atoms with van der Waals surface area (Å²) < 4.78 is 35.6. The van der Waals surface area contributed by atoms with Crippen LogP contribution in [0.25, 0.3) is 0 Å². The summed E-state index contributed by atoms with van der Waals surface area (Å²) in [7, 11) is 0. The van der Waals surface area contributed by atoms with Crippen LogP contribution < -0.4 is 0 Å². The Morgan fingerprint density at radius 2 is 1.75 bits per heavy atom. The van der Waals surface area contributed by atoms with E-state index in [1.54, 1.807) is 0 Å². The van der Waals surface area contributed by atoms with Gasteiger partial charge in [-0.3, -0.25) is 0 Å². The van der Waals surface area contributed by atoms with E-state index in [0.717, 1.165) is 12.4 Å². The first-order chi connectivity index (χ1) is 5.54. The fraction of sp³-hybridized carbons (Fsp3) is 0.333. The molecule has 0 aromatic carbocycles. The van der Waals surface area contributed by atoms with Crippen LogP contribution in [-0.4, -0.2) is 9.97 Å². The van der Waals surface area contributed by atoms with Crippen molar-refractivity contribution >= 4 is 11.6 Å². The van der Waals surface area contributed by atoms with E-state index in [1.165, 1.54) is 0 Å². The molecule has 0 N–H and O–H groups in total. The van der Waals surface area contributed by atoms with Crippen LogP contribution in [-0.2, 0) is 12.1 Å². The second kappa shape index (κ2) is 3.26. The van der Waals surface area contributed by atoms with E-state index in [4.69, 9.17) is 11.6 Å². The molecule has 0 aliphatic heterocycles. The second-order valence-electron chi connectivity index (χ2n) is 2.05. The van der Waals surface area contributed by atoms with Crippen LogP contribution in [0.1, 0.15) is 11.4 Å². The monoisotopic (exact) mass is 196 g/mol. The first-order valence-corrected chi connectivity index (χ1v) is 3.51. The van der Waals surface area contributed by atoms with Gasteiger partial charge in [-0.25, -0.2) is 9.97 Å². The average Bonchev–Trinajstić information content (AvgIpc) is 2.03. The number of nitrogens with zero attached hydrogens (tertiary/aromatic N) is 2. The van der Waals surface area contributed by atoms with Crippen molar-refractivity contribution in [3.05, 3.63) is 23.8 Å². The number of hydrogen-bond donors (Lipinski definition) is 0. The van der Waals surface area contributed by atoms with Crippen molar-refractivity contribution in [1.29, 1.82) is 0 Å². The summed E-state index contributed by atoms with van der Waals surface area (Å²) in [6, 6.07) is 0. The quantitative estimate of drug-likeness (QED) is 0.644. The smallest absolute Gasteiger partial charge is 0.233 e. The lowest BCUT2D eigenvalue weighted by Gasteiger charge is -2.03. The van der Waals surface area contributed by atoms with Crippen molar-refractivity contribution in [2.45, 2.75) is 12.1 Å². The van der Waals surface area contributed by atoms with Gasteiger partial charge in [0.2, 0.25) is 5.82 Å². The molecular weight excluding hydrogens is 193 g/mol. The maximum absolute atomic E-state index is 11.9. The molecule has 0 atom stereocenters. The Hall–Kier alpha value is -0.840. The fourth-order valence-corrected chi connectivity index (χ4v) is 0.708. The van der Waals surface area contributed by atoms with E-state index in [0.29, 0.717) is 5.56 Å². The summed E-state index contributed by atoms with van der Waals surface area (Å²) in [6.45, 7) is 0. The summed E-state index contributed by atoms with van der Waals surface area (Å²) in [5.74, 6) is -1.03. The van der Waals surface area contributed by atoms with E-state index in [9.17, 15) is 13.2 Å². The molecule has 12 heavy (non-hydrogen) atoms. The first kappa shape index (κ1) is 9.25. The van der Waals surface area contributed by atoms with Gasteiger partial charge in [-0.15, -0.1) is 11.6 Å². The molecule has 0 fully saturated rings. The van der Waals surface area contributed by atoms with E-state index in [-0.39, 0.29) is 5.88 Å². The molecule has 1 aromatic heterocycles. The van der Waals surface area contributed by atoms with Gasteiger partial charge in [-0.1, -0.05) is 0 Å². The number of hydrogen-bond acceptors (Lipinski definition) is 2. The Kier molecular flexibility index (Phi) is 2.52. The third-order valence-corrected chi connectivity index (χ3v) is 1.42. The zero-order valence-corrected chi connectivity index (χ0v) is 6.52. The van der Waals surface area contributed by atoms with Crippen LogP contribution in [0.2, 0.25) is 0 Å². The minimum absolute atomic E-state index is 0.109. The zero-order valence-electron chi connectivity index (χ0n) is 5.77. The van der Waals surface area contributed by atoms with Gasteiger partial charge >= 0.3 is 6.18 Å². The summed E-state index contributed by atoms with van der Waals surface area (Å²) in [4.78, 5) is 6.20. The molecule has 66 valence electrons. The van der Waals surface area contributed by atoms with Crippen molar-refractivity contribution in [2.75, 3.05) is 0 Å². The maximum Gasteiger partial charge on any atom is 0.451 e. The highest BCUT2D eigenvalue weighted by atomic mass is 35.5. The number of alkyl halides is 4. The lowest BCUT2D eigenvalue weighted by Crippen LogP contribution is -2.10. The summed E-state index contributed by atoms with van der Waals surface area (Å²) in [5.41, 5.74) is 0.463. The first-order valence-electron chi connectivity index (χ1n) is 2.98. The van der Waals surface area contributed by atoms with E-state index >= 15 is 0 Å². The lowest BCUT2D eigenvalue weighted by molar-refractivity contribution is -0.145.